The number of hydrogen-bond acceptors (Lipinski definition) is 3. The largest absolute Gasteiger partial charge is 0.494 e. The van der Waals surface area contributed by atoms with Gasteiger partial charge in [0, 0.05) is 0 Å². The van der Waals surface area contributed by atoms with Crippen LogP contribution in [0, 0.1) is 6.92 Å². The monoisotopic (exact) mass is 284 g/mol. The first kappa shape index (κ1) is 15.1. The zero-order valence-corrected chi connectivity index (χ0v) is 12.7. The smallest absolute Gasteiger partial charge is 0.343 e. The van der Waals surface area contributed by atoms with Crippen molar-refractivity contribution in [2.45, 2.75) is 27.2 Å². The molecule has 2 rings (SSSR count). The Balaban J connectivity index is 2.14. The van der Waals surface area contributed by atoms with Crippen LogP contribution in [0.3, 0.4) is 0 Å². The van der Waals surface area contributed by atoms with Crippen molar-refractivity contribution < 1.29 is 14.3 Å². The first-order valence-corrected chi connectivity index (χ1v) is 7.18. The standard InChI is InChI=1S/C18H20O3/c1-4-14-7-6-13(3)17(12-14)21-18(19)15-8-10-16(11-9-15)20-5-2/h6-12H,4-5H2,1-3H3. The van der Waals surface area contributed by atoms with Crippen molar-refractivity contribution in [3.05, 3.63) is 59.2 Å². The number of rotatable bonds is 5. The number of ether oxygens (including phenoxy) is 2. The quantitative estimate of drug-likeness (QED) is 0.610. The Morgan fingerprint density at radius 3 is 2.38 bits per heavy atom. The molecule has 0 atom stereocenters. The third-order valence-electron chi connectivity index (χ3n) is 3.26. The van der Waals surface area contributed by atoms with Crippen LogP contribution < -0.4 is 9.47 Å². The van der Waals surface area contributed by atoms with Gasteiger partial charge >= 0.3 is 5.97 Å². The minimum absolute atomic E-state index is 0.352. The molecule has 0 aliphatic rings. The highest BCUT2D eigenvalue weighted by Crippen LogP contribution is 2.22. The Bertz CT molecular complexity index is 615. The van der Waals surface area contributed by atoms with Gasteiger partial charge in [0.1, 0.15) is 11.5 Å². The summed E-state index contributed by atoms with van der Waals surface area (Å²) in [4.78, 5) is 12.2. The van der Waals surface area contributed by atoms with Gasteiger partial charge in [-0.3, -0.25) is 0 Å². The summed E-state index contributed by atoms with van der Waals surface area (Å²) < 4.78 is 10.8. The first-order valence-electron chi connectivity index (χ1n) is 7.18. The van der Waals surface area contributed by atoms with Gasteiger partial charge in [0.2, 0.25) is 0 Å². The maximum absolute atomic E-state index is 12.2. The van der Waals surface area contributed by atoms with Crippen LogP contribution >= 0.6 is 0 Å². The summed E-state index contributed by atoms with van der Waals surface area (Å²) in [7, 11) is 0. The van der Waals surface area contributed by atoms with E-state index in [2.05, 4.69) is 6.92 Å². The molecule has 0 heterocycles. The van der Waals surface area contributed by atoms with Crippen LogP contribution in [0.25, 0.3) is 0 Å². The van der Waals surface area contributed by atoms with Gasteiger partial charge in [0.15, 0.2) is 0 Å². The van der Waals surface area contributed by atoms with Crippen LogP contribution in [0.4, 0.5) is 0 Å². The second kappa shape index (κ2) is 6.93. The van der Waals surface area contributed by atoms with Gasteiger partial charge in [-0.1, -0.05) is 19.1 Å². The lowest BCUT2D eigenvalue weighted by atomic mass is 10.1. The molecular formula is C18H20O3. The highest BCUT2D eigenvalue weighted by atomic mass is 16.5. The number of carbonyl (C=O) groups is 1. The van der Waals surface area contributed by atoms with Gasteiger partial charge in [-0.05, 0) is 61.7 Å². The summed E-state index contributed by atoms with van der Waals surface area (Å²) in [5.41, 5.74) is 2.61. The zero-order chi connectivity index (χ0) is 15.2. The zero-order valence-electron chi connectivity index (χ0n) is 12.7. The average Bonchev–Trinajstić information content (AvgIpc) is 2.50. The van der Waals surface area contributed by atoms with Crippen LogP contribution in [0.1, 0.15) is 35.3 Å². The summed E-state index contributed by atoms with van der Waals surface area (Å²) in [6, 6.07) is 12.9. The number of aryl methyl sites for hydroxylation is 2. The molecule has 21 heavy (non-hydrogen) atoms. The van der Waals surface area contributed by atoms with Crippen LogP contribution in [0.5, 0.6) is 11.5 Å². The predicted molar refractivity (Wildman–Crippen MR) is 83.1 cm³/mol. The van der Waals surface area contributed by atoms with Crippen molar-refractivity contribution in [1.82, 2.24) is 0 Å². The molecule has 2 aromatic carbocycles. The molecule has 0 amide bonds. The van der Waals surface area contributed by atoms with Crippen molar-refractivity contribution in [3.63, 3.8) is 0 Å². The van der Waals surface area contributed by atoms with Crippen LogP contribution in [0.15, 0.2) is 42.5 Å². The van der Waals surface area contributed by atoms with Gasteiger partial charge in [-0.15, -0.1) is 0 Å². The molecular weight excluding hydrogens is 264 g/mol. The maximum atomic E-state index is 12.2. The van der Waals surface area contributed by atoms with Crippen molar-refractivity contribution in [3.8, 4) is 11.5 Å². The molecule has 3 nitrogen and oxygen atoms in total. The number of benzene rings is 2. The Morgan fingerprint density at radius 2 is 1.76 bits per heavy atom. The Morgan fingerprint density at radius 1 is 1.05 bits per heavy atom. The highest BCUT2D eigenvalue weighted by molar-refractivity contribution is 5.91. The molecule has 3 heteroatoms. The van der Waals surface area contributed by atoms with Gasteiger partial charge in [0.05, 0.1) is 12.2 Å². The lowest BCUT2D eigenvalue weighted by molar-refractivity contribution is 0.0733. The molecule has 0 saturated heterocycles. The van der Waals surface area contributed by atoms with Crippen molar-refractivity contribution in [2.24, 2.45) is 0 Å². The maximum Gasteiger partial charge on any atom is 0.343 e. The lowest BCUT2D eigenvalue weighted by Gasteiger charge is -2.09. The summed E-state index contributed by atoms with van der Waals surface area (Å²) >= 11 is 0. The van der Waals surface area contributed by atoms with Crippen LogP contribution in [-0.2, 0) is 6.42 Å². The fraction of sp³-hybridized carbons (Fsp3) is 0.278. The Hall–Kier alpha value is -2.29. The summed E-state index contributed by atoms with van der Waals surface area (Å²) in [5.74, 6) is 1.01. The van der Waals surface area contributed by atoms with E-state index in [0.717, 1.165) is 23.3 Å². The molecule has 0 N–H and O–H groups in total. The summed E-state index contributed by atoms with van der Waals surface area (Å²) in [5, 5.41) is 0. The van der Waals surface area contributed by atoms with E-state index in [4.69, 9.17) is 9.47 Å². The van der Waals surface area contributed by atoms with Crippen molar-refractivity contribution in [2.75, 3.05) is 6.61 Å². The summed E-state index contributed by atoms with van der Waals surface area (Å²) in [6.45, 7) is 6.53. The molecule has 0 spiro atoms. The molecule has 0 bridgehead atoms. The second-order valence-corrected chi connectivity index (χ2v) is 4.80. The lowest BCUT2D eigenvalue weighted by Crippen LogP contribution is -2.09. The van der Waals surface area contributed by atoms with E-state index in [1.165, 1.54) is 0 Å². The van der Waals surface area contributed by atoms with E-state index in [1.54, 1.807) is 24.3 Å². The van der Waals surface area contributed by atoms with Gasteiger partial charge in [-0.2, -0.15) is 0 Å². The summed E-state index contributed by atoms with van der Waals surface area (Å²) in [6.07, 6.45) is 0.911. The van der Waals surface area contributed by atoms with Gasteiger partial charge in [0.25, 0.3) is 0 Å². The molecule has 0 aliphatic heterocycles. The number of esters is 1. The van der Waals surface area contributed by atoms with E-state index in [0.29, 0.717) is 17.9 Å². The molecule has 0 aromatic heterocycles. The molecule has 0 radical (unpaired) electrons. The minimum Gasteiger partial charge on any atom is -0.494 e. The van der Waals surface area contributed by atoms with E-state index in [9.17, 15) is 4.79 Å². The molecule has 2 aromatic rings. The highest BCUT2D eigenvalue weighted by Gasteiger charge is 2.11. The number of hydrogen-bond donors (Lipinski definition) is 0. The average molecular weight is 284 g/mol. The van der Waals surface area contributed by atoms with Crippen LogP contribution in [-0.4, -0.2) is 12.6 Å². The van der Waals surface area contributed by atoms with E-state index >= 15 is 0 Å². The predicted octanol–water partition coefficient (Wildman–Crippen LogP) is 4.18. The van der Waals surface area contributed by atoms with E-state index < -0.39 is 0 Å². The molecule has 0 saturated carbocycles. The van der Waals surface area contributed by atoms with Crippen LogP contribution in [0.2, 0.25) is 0 Å². The van der Waals surface area contributed by atoms with Gasteiger partial charge < -0.3 is 9.47 Å². The third kappa shape index (κ3) is 3.85. The fourth-order valence-electron chi connectivity index (χ4n) is 1.99. The van der Waals surface area contributed by atoms with E-state index in [1.807, 2.05) is 32.0 Å². The normalized spacial score (nSPS) is 10.2. The topological polar surface area (TPSA) is 35.5 Å². The van der Waals surface area contributed by atoms with Crippen molar-refractivity contribution in [1.29, 1.82) is 0 Å². The fourth-order valence-corrected chi connectivity index (χ4v) is 1.99. The molecule has 0 aliphatic carbocycles. The SMILES string of the molecule is CCOc1ccc(C(=O)Oc2cc(CC)ccc2C)cc1. The first-order chi connectivity index (χ1) is 10.1. The van der Waals surface area contributed by atoms with E-state index in [-0.39, 0.29) is 5.97 Å². The molecule has 0 fully saturated rings. The van der Waals surface area contributed by atoms with Crippen molar-refractivity contribution >= 4 is 5.97 Å². The minimum atomic E-state index is -0.352. The molecule has 0 unspecified atom stereocenters. The second-order valence-electron chi connectivity index (χ2n) is 4.80. The van der Waals surface area contributed by atoms with Gasteiger partial charge in [-0.25, -0.2) is 4.79 Å². The third-order valence-corrected chi connectivity index (χ3v) is 3.26. The number of carbonyl (C=O) groups excluding carboxylic acids is 1. The Kier molecular flexibility index (Phi) is 4.99. The Labute approximate surface area is 125 Å². The molecule has 110 valence electrons.